The molecule has 2 aromatic rings. The average Bonchev–Trinajstić information content (AvgIpc) is 2.94. The molecule has 3 saturated heterocycles. The number of benzene rings is 2. The Labute approximate surface area is 147 Å². The molecule has 25 heavy (non-hydrogen) atoms. The van der Waals surface area contributed by atoms with Crippen molar-refractivity contribution < 1.29 is 9.90 Å². The summed E-state index contributed by atoms with van der Waals surface area (Å²) in [6, 6.07) is 13.5. The predicted molar refractivity (Wildman–Crippen MR) is 96.3 cm³/mol. The van der Waals surface area contributed by atoms with Crippen molar-refractivity contribution in [3.63, 3.8) is 0 Å². The van der Waals surface area contributed by atoms with Crippen LogP contribution in [0.5, 0.6) is 0 Å². The number of aliphatic hydroxyl groups is 1. The smallest absolute Gasteiger partial charge is 0.194 e. The first-order chi connectivity index (χ1) is 12.1. The predicted octanol–water partition coefficient (Wildman–Crippen LogP) is 2.71. The number of ketones is 1. The molecule has 0 amide bonds. The van der Waals surface area contributed by atoms with Gasteiger partial charge < -0.3 is 5.11 Å². The van der Waals surface area contributed by atoms with Crippen LogP contribution >= 0.6 is 0 Å². The Morgan fingerprint density at radius 2 is 1.72 bits per heavy atom. The van der Waals surface area contributed by atoms with Gasteiger partial charge in [-0.2, -0.15) is 0 Å². The summed E-state index contributed by atoms with van der Waals surface area (Å²) in [4.78, 5) is 14.9. The first kappa shape index (κ1) is 14.9. The van der Waals surface area contributed by atoms with Gasteiger partial charge >= 0.3 is 0 Å². The fourth-order valence-corrected chi connectivity index (χ4v) is 4.47. The van der Waals surface area contributed by atoms with Crippen LogP contribution in [0.4, 0.5) is 0 Å². The summed E-state index contributed by atoms with van der Waals surface area (Å²) < 4.78 is 0. The van der Waals surface area contributed by atoms with Gasteiger partial charge in [-0.15, -0.1) is 0 Å². The highest BCUT2D eigenvalue weighted by Gasteiger charge is 2.44. The van der Waals surface area contributed by atoms with E-state index in [-0.39, 0.29) is 11.7 Å². The molecule has 1 aliphatic carbocycles. The molecule has 3 heteroatoms. The third-order valence-electron chi connectivity index (χ3n) is 5.88. The van der Waals surface area contributed by atoms with E-state index in [1.807, 2.05) is 42.5 Å². The summed E-state index contributed by atoms with van der Waals surface area (Å²) in [6.07, 6.45) is 2.03. The number of carbonyl (C=O) groups excluding carboxylic acids is 1. The molecule has 0 radical (unpaired) electrons. The molecule has 0 saturated carbocycles. The van der Waals surface area contributed by atoms with Crippen LogP contribution in [0.15, 0.2) is 42.5 Å². The van der Waals surface area contributed by atoms with E-state index in [0.717, 1.165) is 48.2 Å². The number of fused-ring (bicyclic) bond motifs is 6. The Morgan fingerprint density at radius 1 is 1.00 bits per heavy atom. The summed E-state index contributed by atoms with van der Waals surface area (Å²) in [5, 5.41) is 10.9. The molecule has 6 rings (SSSR count). The topological polar surface area (TPSA) is 40.5 Å². The van der Waals surface area contributed by atoms with Crippen molar-refractivity contribution in [2.45, 2.75) is 18.4 Å². The number of hydrogen-bond donors (Lipinski definition) is 1. The van der Waals surface area contributed by atoms with Gasteiger partial charge in [0.1, 0.15) is 5.60 Å². The van der Waals surface area contributed by atoms with Gasteiger partial charge in [0.25, 0.3) is 0 Å². The molecule has 1 atom stereocenters. The number of piperidine rings is 3. The van der Waals surface area contributed by atoms with Crippen molar-refractivity contribution in [2.75, 3.05) is 19.6 Å². The van der Waals surface area contributed by atoms with Crippen molar-refractivity contribution in [3.8, 4) is 23.0 Å². The van der Waals surface area contributed by atoms with Crippen LogP contribution in [-0.2, 0) is 0 Å². The van der Waals surface area contributed by atoms with E-state index in [0.29, 0.717) is 12.1 Å². The fraction of sp³-hybridized carbons (Fsp3) is 0.318. The van der Waals surface area contributed by atoms with Gasteiger partial charge in [0.2, 0.25) is 0 Å². The Morgan fingerprint density at radius 3 is 2.44 bits per heavy atom. The summed E-state index contributed by atoms with van der Waals surface area (Å²) in [6.45, 7) is 2.78. The minimum Gasteiger partial charge on any atom is -0.376 e. The number of nitrogens with zero attached hydrogens (tertiary/aromatic N) is 1. The lowest BCUT2D eigenvalue weighted by Gasteiger charge is -2.47. The van der Waals surface area contributed by atoms with Crippen molar-refractivity contribution in [1.29, 1.82) is 0 Å². The van der Waals surface area contributed by atoms with Gasteiger partial charge in [0, 0.05) is 29.2 Å². The van der Waals surface area contributed by atoms with E-state index < -0.39 is 5.60 Å². The van der Waals surface area contributed by atoms with E-state index in [4.69, 9.17) is 0 Å². The quantitative estimate of drug-likeness (QED) is 0.645. The second-order valence-corrected chi connectivity index (χ2v) is 7.36. The lowest BCUT2D eigenvalue weighted by molar-refractivity contribution is -0.0713. The van der Waals surface area contributed by atoms with Gasteiger partial charge in [-0.1, -0.05) is 42.2 Å². The highest BCUT2D eigenvalue weighted by Crippen LogP contribution is 2.37. The zero-order valence-corrected chi connectivity index (χ0v) is 14.0. The van der Waals surface area contributed by atoms with Gasteiger partial charge in [-0.3, -0.25) is 9.69 Å². The van der Waals surface area contributed by atoms with E-state index in [1.165, 1.54) is 0 Å². The summed E-state index contributed by atoms with van der Waals surface area (Å²) in [7, 11) is 0. The average molecular weight is 329 g/mol. The molecule has 4 aliphatic rings. The lowest BCUT2D eigenvalue weighted by atomic mass is 9.76. The molecular formula is C22H19NO2. The van der Waals surface area contributed by atoms with Crippen LogP contribution in [0.2, 0.25) is 0 Å². The summed E-state index contributed by atoms with van der Waals surface area (Å²) in [5.74, 6) is 6.60. The van der Waals surface area contributed by atoms with Crippen LogP contribution in [0.1, 0.15) is 34.3 Å². The Kier molecular flexibility index (Phi) is 3.15. The molecule has 3 aliphatic heterocycles. The molecule has 3 heterocycles. The van der Waals surface area contributed by atoms with Gasteiger partial charge in [-0.25, -0.2) is 0 Å². The van der Waals surface area contributed by atoms with Gasteiger partial charge in [-0.05, 0) is 49.2 Å². The van der Waals surface area contributed by atoms with Crippen molar-refractivity contribution >= 4 is 5.78 Å². The van der Waals surface area contributed by atoms with E-state index in [1.54, 1.807) is 0 Å². The molecule has 124 valence electrons. The summed E-state index contributed by atoms with van der Waals surface area (Å²) in [5.41, 5.74) is 3.34. The monoisotopic (exact) mass is 329 g/mol. The normalized spacial score (nSPS) is 28.9. The van der Waals surface area contributed by atoms with Crippen LogP contribution in [0.25, 0.3) is 11.1 Å². The molecule has 1 unspecified atom stereocenters. The van der Waals surface area contributed by atoms with Crippen molar-refractivity contribution in [3.05, 3.63) is 59.2 Å². The third-order valence-corrected chi connectivity index (χ3v) is 5.88. The van der Waals surface area contributed by atoms with Crippen molar-refractivity contribution in [2.24, 2.45) is 5.92 Å². The maximum absolute atomic E-state index is 12.6. The molecule has 0 aromatic heterocycles. The fourth-order valence-electron chi connectivity index (χ4n) is 4.47. The molecule has 2 bridgehead atoms. The van der Waals surface area contributed by atoms with E-state index in [9.17, 15) is 9.90 Å². The van der Waals surface area contributed by atoms with Crippen LogP contribution in [0.3, 0.4) is 0 Å². The Balaban J connectivity index is 1.49. The Hall–Kier alpha value is -2.41. The molecule has 3 fully saturated rings. The highest BCUT2D eigenvalue weighted by molar-refractivity contribution is 6.21. The molecule has 2 aromatic carbocycles. The number of carbonyl (C=O) groups is 1. The molecule has 3 nitrogen and oxygen atoms in total. The first-order valence-electron chi connectivity index (χ1n) is 8.90. The minimum atomic E-state index is -0.914. The maximum atomic E-state index is 12.6. The second-order valence-electron chi connectivity index (χ2n) is 7.36. The van der Waals surface area contributed by atoms with Gasteiger partial charge in [0.05, 0.1) is 0 Å². The van der Waals surface area contributed by atoms with Crippen LogP contribution < -0.4 is 0 Å². The zero-order chi connectivity index (χ0) is 17.0. The molecular weight excluding hydrogens is 310 g/mol. The number of rotatable bonds is 0. The first-order valence-corrected chi connectivity index (χ1v) is 8.90. The summed E-state index contributed by atoms with van der Waals surface area (Å²) >= 11 is 0. The van der Waals surface area contributed by atoms with Gasteiger partial charge in [0.15, 0.2) is 5.78 Å². The molecule has 1 N–H and O–H groups in total. The Bertz CT molecular complexity index is 944. The minimum absolute atomic E-state index is 0.0656. The standard InChI is InChI=1S/C22H19NO2/c24-21-19-4-2-1-3-17(19)18-6-5-15(13-20(18)21)7-10-22(25)14-23-11-8-16(22)9-12-23/h1-6,13,16,25H,8-9,11-12,14H2. The number of hydrogen-bond acceptors (Lipinski definition) is 3. The second kappa shape index (κ2) is 5.29. The van der Waals surface area contributed by atoms with Crippen molar-refractivity contribution in [1.82, 2.24) is 4.90 Å². The highest BCUT2D eigenvalue weighted by atomic mass is 16.3. The zero-order valence-electron chi connectivity index (χ0n) is 14.0. The van der Waals surface area contributed by atoms with Crippen LogP contribution in [-0.4, -0.2) is 41.0 Å². The SMILES string of the molecule is O=C1c2ccccc2-c2ccc(C#CC3(O)CN4CCC3CC4)cc21. The third kappa shape index (κ3) is 2.26. The van der Waals surface area contributed by atoms with E-state index in [2.05, 4.69) is 16.7 Å². The molecule has 0 spiro atoms. The maximum Gasteiger partial charge on any atom is 0.194 e. The van der Waals surface area contributed by atoms with E-state index >= 15 is 0 Å². The largest absolute Gasteiger partial charge is 0.376 e. The lowest BCUT2D eigenvalue weighted by Crippen LogP contribution is -2.58. The van der Waals surface area contributed by atoms with Crippen LogP contribution in [0, 0.1) is 17.8 Å².